The van der Waals surface area contributed by atoms with Gasteiger partial charge in [0, 0.05) is 0 Å². The normalized spacial score (nSPS) is 12.7. The number of amides is 1. The van der Waals surface area contributed by atoms with Gasteiger partial charge in [-0.25, -0.2) is 12.8 Å². The Hall–Kier alpha value is -1.96. The summed E-state index contributed by atoms with van der Waals surface area (Å²) in [7, 11) is -3.87. The second-order valence-corrected chi connectivity index (χ2v) is 6.43. The first kappa shape index (κ1) is 16.1. The molecule has 0 aliphatic carbocycles. The lowest BCUT2D eigenvalue weighted by atomic mass is 10.2. The highest BCUT2D eigenvalue weighted by molar-refractivity contribution is 7.92. The van der Waals surface area contributed by atoms with Gasteiger partial charge in [0.05, 0.1) is 17.4 Å². The van der Waals surface area contributed by atoms with Crippen molar-refractivity contribution in [1.29, 1.82) is 0 Å². The average Bonchev–Trinajstić information content (AvgIpc) is 2.30. The van der Waals surface area contributed by atoms with E-state index in [9.17, 15) is 22.4 Å². The van der Waals surface area contributed by atoms with Crippen LogP contribution in [0, 0.1) is 11.7 Å². The summed E-state index contributed by atoms with van der Waals surface area (Å²) in [6.07, 6.45) is 0. The van der Waals surface area contributed by atoms with Crippen LogP contribution in [-0.2, 0) is 19.4 Å². The lowest BCUT2D eigenvalue weighted by Gasteiger charge is -2.09. The molecule has 0 aliphatic rings. The molecule has 0 heterocycles. The number of anilines is 1. The second-order valence-electron chi connectivity index (χ2n) is 4.32. The third kappa shape index (κ3) is 4.96. The van der Waals surface area contributed by atoms with Crippen molar-refractivity contribution in [3.63, 3.8) is 0 Å². The number of carbonyl (C=O) groups is 2. The monoisotopic (exact) mass is 303 g/mol. The Kier molecular flexibility index (Phi) is 5.20. The Morgan fingerprint density at radius 3 is 2.50 bits per heavy atom. The highest BCUT2D eigenvalue weighted by atomic mass is 32.2. The van der Waals surface area contributed by atoms with Crippen LogP contribution in [0.15, 0.2) is 24.3 Å². The number of rotatable bonds is 6. The number of sulfone groups is 1. The summed E-state index contributed by atoms with van der Waals surface area (Å²) in [5, 5.41) is 10.8. The zero-order chi connectivity index (χ0) is 15.3. The molecule has 2 N–H and O–H groups in total. The summed E-state index contributed by atoms with van der Waals surface area (Å²) in [6, 6.07) is 5.33. The van der Waals surface area contributed by atoms with Crippen molar-refractivity contribution < 1.29 is 27.5 Å². The maximum Gasteiger partial charge on any atom is 0.307 e. The summed E-state index contributed by atoms with van der Waals surface area (Å²) in [5.74, 6) is -5.50. The standard InChI is InChI=1S/C12H14FNO5S/c1-8(12(16)17)6-20(18,19)7-11(15)14-10-5-3-2-4-9(10)13/h2-5,8H,6-7H2,1H3,(H,14,15)(H,16,17). The number of para-hydroxylation sites is 1. The Labute approximate surface area is 115 Å². The first-order chi connectivity index (χ1) is 9.21. The van der Waals surface area contributed by atoms with Gasteiger partial charge in [0.2, 0.25) is 5.91 Å². The van der Waals surface area contributed by atoms with Gasteiger partial charge < -0.3 is 10.4 Å². The Balaban J connectivity index is 2.67. The third-order valence-corrected chi connectivity index (χ3v) is 4.13. The molecule has 0 fully saturated rings. The fraction of sp³-hybridized carbons (Fsp3) is 0.333. The van der Waals surface area contributed by atoms with Crippen molar-refractivity contribution >= 4 is 27.4 Å². The summed E-state index contributed by atoms with van der Waals surface area (Å²) in [6.45, 7) is 1.23. The van der Waals surface area contributed by atoms with Crippen LogP contribution in [-0.4, -0.2) is 36.9 Å². The molecule has 0 aromatic heterocycles. The first-order valence-corrected chi connectivity index (χ1v) is 7.51. The molecular formula is C12H14FNO5S. The molecule has 110 valence electrons. The van der Waals surface area contributed by atoms with E-state index in [2.05, 4.69) is 5.32 Å². The SMILES string of the molecule is CC(CS(=O)(=O)CC(=O)Nc1ccccc1F)C(=O)O. The number of carboxylic acid groups (broad SMARTS) is 1. The molecule has 0 aliphatic heterocycles. The molecular weight excluding hydrogens is 289 g/mol. The first-order valence-electron chi connectivity index (χ1n) is 5.69. The third-order valence-electron chi connectivity index (χ3n) is 2.42. The number of hydrogen-bond acceptors (Lipinski definition) is 4. The summed E-state index contributed by atoms with van der Waals surface area (Å²) in [4.78, 5) is 22.1. The van der Waals surface area contributed by atoms with Crippen LogP contribution in [0.2, 0.25) is 0 Å². The molecule has 1 unspecified atom stereocenters. The van der Waals surface area contributed by atoms with E-state index in [0.29, 0.717) is 0 Å². The van der Waals surface area contributed by atoms with Gasteiger partial charge >= 0.3 is 5.97 Å². The maximum atomic E-state index is 13.3. The number of hydrogen-bond donors (Lipinski definition) is 2. The molecule has 1 amide bonds. The zero-order valence-corrected chi connectivity index (χ0v) is 11.5. The van der Waals surface area contributed by atoms with Gasteiger partial charge in [-0.05, 0) is 12.1 Å². The largest absolute Gasteiger partial charge is 0.481 e. The van der Waals surface area contributed by atoms with Gasteiger partial charge in [0.25, 0.3) is 0 Å². The number of carbonyl (C=O) groups excluding carboxylic acids is 1. The number of nitrogens with one attached hydrogen (secondary N) is 1. The maximum absolute atomic E-state index is 13.3. The quantitative estimate of drug-likeness (QED) is 0.813. The minimum Gasteiger partial charge on any atom is -0.481 e. The van der Waals surface area contributed by atoms with Crippen LogP contribution in [0.25, 0.3) is 0 Å². The van der Waals surface area contributed by atoms with Crippen molar-refractivity contribution in [3.05, 3.63) is 30.1 Å². The van der Waals surface area contributed by atoms with Gasteiger partial charge in [0.15, 0.2) is 9.84 Å². The number of carboxylic acids is 1. The van der Waals surface area contributed by atoms with E-state index in [-0.39, 0.29) is 5.69 Å². The van der Waals surface area contributed by atoms with Gasteiger partial charge in [0.1, 0.15) is 11.6 Å². The fourth-order valence-corrected chi connectivity index (χ4v) is 2.95. The molecule has 0 bridgehead atoms. The Bertz CT molecular complexity index is 614. The minimum atomic E-state index is -3.87. The lowest BCUT2D eigenvalue weighted by molar-refractivity contribution is -0.140. The zero-order valence-electron chi connectivity index (χ0n) is 10.7. The van der Waals surface area contributed by atoms with E-state index < -0.39 is 45.0 Å². The van der Waals surface area contributed by atoms with Crippen molar-refractivity contribution in [2.24, 2.45) is 5.92 Å². The van der Waals surface area contributed by atoms with E-state index in [1.807, 2.05) is 0 Å². The van der Waals surface area contributed by atoms with E-state index in [1.54, 1.807) is 0 Å². The molecule has 0 radical (unpaired) electrons. The van der Waals surface area contributed by atoms with Crippen molar-refractivity contribution in [2.45, 2.75) is 6.92 Å². The predicted molar refractivity (Wildman–Crippen MR) is 70.5 cm³/mol. The molecule has 0 saturated heterocycles. The smallest absolute Gasteiger partial charge is 0.307 e. The van der Waals surface area contributed by atoms with Crippen LogP contribution in [0.5, 0.6) is 0 Å². The average molecular weight is 303 g/mol. The molecule has 0 spiro atoms. The second kappa shape index (κ2) is 6.47. The number of benzene rings is 1. The molecule has 1 rings (SSSR count). The van der Waals surface area contributed by atoms with E-state index in [1.165, 1.54) is 25.1 Å². The van der Waals surface area contributed by atoms with Gasteiger partial charge in [-0.1, -0.05) is 19.1 Å². The lowest BCUT2D eigenvalue weighted by Crippen LogP contribution is -2.29. The molecule has 1 aromatic carbocycles. The van der Waals surface area contributed by atoms with Crippen molar-refractivity contribution in [1.82, 2.24) is 0 Å². The summed E-state index contributed by atoms with van der Waals surface area (Å²) < 4.78 is 36.5. The van der Waals surface area contributed by atoms with Crippen molar-refractivity contribution in [3.8, 4) is 0 Å². The molecule has 20 heavy (non-hydrogen) atoms. The fourth-order valence-electron chi connectivity index (χ4n) is 1.46. The van der Waals surface area contributed by atoms with Crippen LogP contribution >= 0.6 is 0 Å². The Morgan fingerprint density at radius 1 is 1.35 bits per heavy atom. The minimum absolute atomic E-state index is 0.126. The van der Waals surface area contributed by atoms with Gasteiger partial charge in [-0.3, -0.25) is 9.59 Å². The van der Waals surface area contributed by atoms with E-state index in [4.69, 9.17) is 5.11 Å². The molecule has 1 atom stereocenters. The number of aliphatic carboxylic acids is 1. The molecule has 8 heteroatoms. The summed E-state index contributed by atoms with van der Waals surface area (Å²) in [5.41, 5.74) is -0.126. The van der Waals surface area contributed by atoms with Crippen LogP contribution < -0.4 is 5.32 Å². The van der Waals surface area contributed by atoms with Gasteiger partial charge in [-0.2, -0.15) is 0 Å². The van der Waals surface area contributed by atoms with Crippen LogP contribution in [0.3, 0.4) is 0 Å². The van der Waals surface area contributed by atoms with Crippen molar-refractivity contribution in [2.75, 3.05) is 16.8 Å². The van der Waals surface area contributed by atoms with Crippen LogP contribution in [0.1, 0.15) is 6.92 Å². The summed E-state index contributed by atoms with van der Waals surface area (Å²) >= 11 is 0. The molecule has 0 saturated carbocycles. The predicted octanol–water partition coefficient (Wildman–Crippen LogP) is 0.900. The highest BCUT2D eigenvalue weighted by Gasteiger charge is 2.24. The molecule has 1 aromatic rings. The van der Waals surface area contributed by atoms with E-state index in [0.717, 1.165) is 6.07 Å². The Morgan fingerprint density at radius 2 is 1.95 bits per heavy atom. The topological polar surface area (TPSA) is 101 Å². The highest BCUT2D eigenvalue weighted by Crippen LogP contribution is 2.12. The van der Waals surface area contributed by atoms with E-state index >= 15 is 0 Å². The molecule has 6 nitrogen and oxygen atoms in total. The van der Waals surface area contributed by atoms with Gasteiger partial charge in [-0.15, -0.1) is 0 Å². The van der Waals surface area contributed by atoms with Crippen LogP contribution in [0.4, 0.5) is 10.1 Å². The number of halogens is 1.